The van der Waals surface area contributed by atoms with Crippen LogP contribution in [-0.4, -0.2) is 18.1 Å². The Morgan fingerprint density at radius 2 is 2.16 bits per heavy atom. The summed E-state index contributed by atoms with van der Waals surface area (Å²) in [7, 11) is 1.59. The maximum atomic E-state index is 11.7. The van der Waals surface area contributed by atoms with Gasteiger partial charge in [0.2, 0.25) is 0 Å². The van der Waals surface area contributed by atoms with Crippen LogP contribution in [0, 0.1) is 0 Å². The average molecular weight is 258 g/mol. The van der Waals surface area contributed by atoms with Crippen molar-refractivity contribution in [2.75, 3.05) is 12.8 Å². The molecule has 1 aromatic carbocycles. The van der Waals surface area contributed by atoms with Gasteiger partial charge in [0.05, 0.1) is 19.0 Å². The van der Waals surface area contributed by atoms with Gasteiger partial charge in [-0.1, -0.05) is 12.1 Å². The molecule has 2 N–H and O–H groups in total. The van der Waals surface area contributed by atoms with Crippen LogP contribution in [0.3, 0.4) is 0 Å². The zero-order valence-corrected chi connectivity index (χ0v) is 10.5. The summed E-state index contributed by atoms with van der Waals surface area (Å²) in [6, 6.07) is 10.5. The second-order valence-corrected chi connectivity index (χ2v) is 3.90. The van der Waals surface area contributed by atoms with E-state index in [1.165, 1.54) is 12.3 Å². The molecule has 0 saturated carbocycles. The first-order chi connectivity index (χ1) is 9.19. The number of nitrogen functional groups attached to an aromatic ring is 1. The van der Waals surface area contributed by atoms with Crippen molar-refractivity contribution in [1.29, 1.82) is 0 Å². The fourth-order valence-electron chi connectivity index (χ4n) is 1.51. The van der Waals surface area contributed by atoms with Crippen LogP contribution in [0.5, 0.6) is 5.75 Å². The minimum Gasteiger partial charge on any atom is -0.497 e. The van der Waals surface area contributed by atoms with Gasteiger partial charge < -0.3 is 15.2 Å². The van der Waals surface area contributed by atoms with Crippen molar-refractivity contribution >= 4 is 11.7 Å². The van der Waals surface area contributed by atoms with Gasteiger partial charge in [-0.15, -0.1) is 0 Å². The number of carbonyl (C=O) groups is 1. The molecule has 0 fully saturated rings. The predicted molar refractivity (Wildman–Crippen MR) is 70.8 cm³/mol. The Balaban J connectivity index is 1.98. The van der Waals surface area contributed by atoms with E-state index in [1.54, 1.807) is 13.2 Å². The number of benzene rings is 1. The van der Waals surface area contributed by atoms with Crippen LogP contribution in [0.1, 0.15) is 16.1 Å². The number of nitrogens with two attached hydrogens (primary N) is 1. The second kappa shape index (κ2) is 5.86. The van der Waals surface area contributed by atoms with Crippen molar-refractivity contribution in [2.24, 2.45) is 0 Å². The van der Waals surface area contributed by atoms with Crippen molar-refractivity contribution in [3.8, 4) is 5.75 Å². The highest BCUT2D eigenvalue weighted by atomic mass is 16.5. The zero-order chi connectivity index (χ0) is 13.7. The third-order valence-corrected chi connectivity index (χ3v) is 2.50. The summed E-state index contributed by atoms with van der Waals surface area (Å²) in [6.45, 7) is 0.169. The lowest BCUT2D eigenvalue weighted by molar-refractivity contribution is 0.0465. The van der Waals surface area contributed by atoms with E-state index >= 15 is 0 Å². The number of rotatable bonds is 4. The summed E-state index contributed by atoms with van der Waals surface area (Å²) < 4.78 is 10.2. The number of hydrogen-bond donors (Lipinski definition) is 1. The number of ether oxygens (including phenoxy) is 2. The molecule has 0 spiro atoms. The Morgan fingerprint density at radius 1 is 1.32 bits per heavy atom. The largest absolute Gasteiger partial charge is 0.497 e. The second-order valence-electron chi connectivity index (χ2n) is 3.90. The summed E-state index contributed by atoms with van der Waals surface area (Å²) in [6.07, 6.45) is 1.42. The molecule has 1 heterocycles. The van der Waals surface area contributed by atoms with Crippen molar-refractivity contribution in [2.45, 2.75) is 6.61 Å². The SMILES string of the molecule is COc1cccc(COC(=O)c2ccc(N)cn2)c1. The first-order valence-electron chi connectivity index (χ1n) is 5.70. The number of pyridine rings is 1. The molecule has 0 aliphatic heterocycles. The molecule has 98 valence electrons. The lowest BCUT2D eigenvalue weighted by Crippen LogP contribution is -2.07. The van der Waals surface area contributed by atoms with Crippen molar-refractivity contribution < 1.29 is 14.3 Å². The summed E-state index contributed by atoms with van der Waals surface area (Å²) in [5, 5.41) is 0. The van der Waals surface area contributed by atoms with E-state index in [0.29, 0.717) is 5.69 Å². The molecule has 1 aromatic heterocycles. The van der Waals surface area contributed by atoms with Gasteiger partial charge in [0, 0.05) is 0 Å². The predicted octanol–water partition coefficient (Wildman–Crippen LogP) is 2.03. The van der Waals surface area contributed by atoms with Crippen LogP contribution in [0.15, 0.2) is 42.6 Å². The van der Waals surface area contributed by atoms with Crippen LogP contribution in [0.4, 0.5) is 5.69 Å². The van der Waals surface area contributed by atoms with E-state index < -0.39 is 5.97 Å². The molecule has 2 rings (SSSR count). The third-order valence-electron chi connectivity index (χ3n) is 2.50. The van der Waals surface area contributed by atoms with Crippen LogP contribution < -0.4 is 10.5 Å². The maximum absolute atomic E-state index is 11.7. The monoisotopic (exact) mass is 258 g/mol. The van der Waals surface area contributed by atoms with Crippen molar-refractivity contribution in [3.63, 3.8) is 0 Å². The van der Waals surface area contributed by atoms with Crippen molar-refractivity contribution in [3.05, 3.63) is 53.9 Å². The van der Waals surface area contributed by atoms with E-state index in [1.807, 2.05) is 24.3 Å². The summed E-state index contributed by atoms with van der Waals surface area (Å²) >= 11 is 0. The topological polar surface area (TPSA) is 74.4 Å². The van der Waals surface area contributed by atoms with Gasteiger partial charge >= 0.3 is 5.97 Å². The first kappa shape index (κ1) is 12.9. The van der Waals surface area contributed by atoms with Gasteiger partial charge in [0.1, 0.15) is 18.1 Å². The van der Waals surface area contributed by atoms with E-state index in [-0.39, 0.29) is 12.3 Å². The molecule has 0 unspecified atom stereocenters. The Bertz CT molecular complexity index is 567. The summed E-state index contributed by atoms with van der Waals surface area (Å²) in [4.78, 5) is 15.6. The smallest absolute Gasteiger partial charge is 0.357 e. The molecule has 0 amide bonds. The van der Waals surface area contributed by atoms with Crippen LogP contribution in [-0.2, 0) is 11.3 Å². The molecule has 5 nitrogen and oxygen atoms in total. The summed E-state index contributed by atoms with van der Waals surface area (Å²) in [5.41, 5.74) is 7.08. The molecule has 19 heavy (non-hydrogen) atoms. The molecule has 0 radical (unpaired) electrons. The van der Waals surface area contributed by atoms with E-state index in [0.717, 1.165) is 11.3 Å². The van der Waals surface area contributed by atoms with Crippen LogP contribution in [0.25, 0.3) is 0 Å². The Hall–Kier alpha value is -2.56. The first-order valence-corrected chi connectivity index (χ1v) is 5.70. The highest BCUT2D eigenvalue weighted by Crippen LogP contribution is 2.14. The van der Waals surface area contributed by atoms with Gasteiger partial charge in [-0.25, -0.2) is 9.78 Å². The van der Waals surface area contributed by atoms with Gasteiger partial charge in [-0.2, -0.15) is 0 Å². The fraction of sp³-hybridized carbons (Fsp3) is 0.143. The normalized spacial score (nSPS) is 9.95. The molecule has 5 heteroatoms. The molecular formula is C14H14N2O3. The van der Waals surface area contributed by atoms with Crippen LogP contribution >= 0.6 is 0 Å². The third kappa shape index (κ3) is 3.45. The van der Waals surface area contributed by atoms with Gasteiger partial charge in [0.25, 0.3) is 0 Å². The molecule has 0 aliphatic rings. The Kier molecular flexibility index (Phi) is 3.97. The number of nitrogens with zero attached hydrogens (tertiary/aromatic N) is 1. The minimum absolute atomic E-state index is 0.169. The highest BCUT2D eigenvalue weighted by molar-refractivity contribution is 5.87. The van der Waals surface area contributed by atoms with Gasteiger partial charge in [0.15, 0.2) is 0 Å². The number of methoxy groups -OCH3 is 1. The van der Waals surface area contributed by atoms with E-state index in [4.69, 9.17) is 15.2 Å². The lowest BCUT2D eigenvalue weighted by Gasteiger charge is -2.06. The number of esters is 1. The number of aromatic nitrogens is 1. The van der Waals surface area contributed by atoms with E-state index in [2.05, 4.69) is 4.98 Å². The number of anilines is 1. The molecule has 0 atom stereocenters. The zero-order valence-electron chi connectivity index (χ0n) is 10.5. The highest BCUT2D eigenvalue weighted by Gasteiger charge is 2.08. The molecular weight excluding hydrogens is 244 g/mol. The van der Waals surface area contributed by atoms with Crippen LogP contribution in [0.2, 0.25) is 0 Å². The molecule has 0 aliphatic carbocycles. The average Bonchev–Trinajstić information content (AvgIpc) is 2.46. The van der Waals surface area contributed by atoms with Crippen molar-refractivity contribution in [1.82, 2.24) is 4.98 Å². The van der Waals surface area contributed by atoms with Gasteiger partial charge in [-0.05, 0) is 29.8 Å². The number of carbonyl (C=O) groups excluding carboxylic acids is 1. The quantitative estimate of drug-likeness (QED) is 0.849. The van der Waals surface area contributed by atoms with E-state index in [9.17, 15) is 4.79 Å². The fourth-order valence-corrected chi connectivity index (χ4v) is 1.51. The van der Waals surface area contributed by atoms with Gasteiger partial charge in [-0.3, -0.25) is 0 Å². The summed E-state index contributed by atoms with van der Waals surface area (Å²) in [5.74, 6) is 0.238. The molecule has 0 bridgehead atoms. The molecule has 2 aromatic rings. The standard InChI is InChI=1S/C14H14N2O3/c1-18-12-4-2-3-10(7-12)9-19-14(17)13-6-5-11(15)8-16-13/h2-8H,9,15H2,1H3. The molecule has 0 saturated heterocycles. The number of hydrogen-bond acceptors (Lipinski definition) is 5. The lowest BCUT2D eigenvalue weighted by atomic mass is 10.2. The maximum Gasteiger partial charge on any atom is 0.357 e. The Morgan fingerprint density at radius 3 is 2.84 bits per heavy atom. The minimum atomic E-state index is -0.484. The Labute approximate surface area is 111 Å².